The lowest BCUT2D eigenvalue weighted by Gasteiger charge is -2.06. The summed E-state index contributed by atoms with van der Waals surface area (Å²) in [6, 6.07) is 15.6. The summed E-state index contributed by atoms with van der Waals surface area (Å²) in [5, 5.41) is 3.15. The first kappa shape index (κ1) is 18.8. The third-order valence-corrected chi connectivity index (χ3v) is 5.11. The lowest BCUT2D eigenvalue weighted by molar-refractivity contribution is -0.118. The van der Waals surface area contributed by atoms with Gasteiger partial charge in [-0.05, 0) is 12.1 Å². The highest BCUT2D eigenvalue weighted by molar-refractivity contribution is 7.19. The van der Waals surface area contributed by atoms with Crippen molar-refractivity contribution >= 4 is 22.4 Å². The van der Waals surface area contributed by atoms with E-state index in [1.165, 1.54) is 23.5 Å². The second kappa shape index (κ2) is 8.24. The second-order valence-corrected chi connectivity index (χ2v) is 7.19. The van der Waals surface area contributed by atoms with Crippen molar-refractivity contribution in [2.45, 2.75) is 0 Å². The van der Waals surface area contributed by atoms with Crippen molar-refractivity contribution in [1.82, 2.24) is 14.5 Å². The molecule has 0 aliphatic carbocycles. The van der Waals surface area contributed by atoms with E-state index in [2.05, 4.69) is 15.3 Å². The van der Waals surface area contributed by atoms with Crippen molar-refractivity contribution in [3.8, 4) is 27.7 Å². The van der Waals surface area contributed by atoms with Gasteiger partial charge in [0, 0.05) is 25.0 Å². The summed E-state index contributed by atoms with van der Waals surface area (Å²) in [4.78, 5) is 22.1. The molecule has 4 rings (SSSR count). The maximum atomic E-state index is 13.6. The van der Waals surface area contributed by atoms with Crippen LogP contribution in [0, 0.1) is 5.82 Å². The van der Waals surface area contributed by atoms with Crippen LogP contribution in [0.15, 0.2) is 67.0 Å². The average Bonchev–Trinajstić information content (AvgIpc) is 3.34. The molecule has 0 saturated heterocycles. The van der Waals surface area contributed by atoms with Crippen LogP contribution in [0.25, 0.3) is 22.0 Å². The number of aryl methyl sites for hydroxylation is 1. The van der Waals surface area contributed by atoms with E-state index < -0.39 is 11.7 Å². The fourth-order valence-electron chi connectivity index (χ4n) is 2.76. The molecule has 146 valence electrons. The van der Waals surface area contributed by atoms with Gasteiger partial charge in [-0.1, -0.05) is 53.8 Å². The zero-order valence-corrected chi connectivity index (χ0v) is 16.3. The minimum absolute atomic E-state index is 0.0282. The standard InChI is InChI=1S/C21H17FN4O2S/c1-26-12-11-23-20(26)19-18(14-7-3-2-4-8-14)25-21(29-19)24-17(27)13-28-16-10-6-5-9-15(16)22/h2-12H,13H2,1H3,(H,24,25,27). The Morgan fingerprint density at radius 1 is 1.17 bits per heavy atom. The monoisotopic (exact) mass is 408 g/mol. The van der Waals surface area contributed by atoms with Crippen LogP contribution < -0.4 is 10.1 Å². The number of anilines is 1. The van der Waals surface area contributed by atoms with Gasteiger partial charge in [-0.3, -0.25) is 10.1 Å². The summed E-state index contributed by atoms with van der Waals surface area (Å²) in [6.45, 7) is -0.321. The maximum absolute atomic E-state index is 13.6. The van der Waals surface area contributed by atoms with Crippen LogP contribution >= 0.6 is 11.3 Å². The van der Waals surface area contributed by atoms with E-state index in [0.717, 1.165) is 22.0 Å². The van der Waals surface area contributed by atoms with Gasteiger partial charge < -0.3 is 9.30 Å². The summed E-state index contributed by atoms with van der Waals surface area (Å²) in [6.07, 6.45) is 3.56. The van der Waals surface area contributed by atoms with Gasteiger partial charge in [0.15, 0.2) is 29.1 Å². The van der Waals surface area contributed by atoms with E-state index in [1.54, 1.807) is 18.3 Å². The van der Waals surface area contributed by atoms with Crippen LogP contribution in [0.1, 0.15) is 0 Å². The van der Waals surface area contributed by atoms with E-state index in [-0.39, 0.29) is 12.4 Å². The van der Waals surface area contributed by atoms with Crippen LogP contribution in [0.4, 0.5) is 9.52 Å². The third kappa shape index (κ3) is 4.17. The van der Waals surface area contributed by atoms with Crippen molar-refractivity contribution in [3.05, 3.63) is 72.8 Å². The van der Waals surface area contributed by atoms with Gasteiger partial charge >= 0.3 is 0 Å². The molecule has 2 heterocycles. The minimum Gasteiger partial charge on any atom is -0.481 e. The predicted molar refractivity (Wildman–Crippen MR) is 110 cm³/mol. The molecule has 0 unspecified atom stereocenters. The smallest absolute Gasteiger partial charge is 0.264 e. The van der Waals surface area contributed by atoms with Crippen molar-refractivity contribution in [2.75, 3.05) is 11.9 Å². The van der Waals surface area contributed by atoms with Gasteiger partial charge in [-0.15, -0.1) is 0 Å². The SMILES string of the molecule is Cn1ccnc1-c1sc(NC(=O)COc2ccccc2F)nc1-c1ccccc1. The minimum atomic E-state index is -0.516. The Morgan fingerprint density at radius 3 is 2.66 bits per heavy atom. The normalized spacial score (nSPS) is 10.7. The molecule has 2 aromatic carbocycles. The number of para-hydroxylation sites is 1. The highest BCUT2D eigenvalue weighted by Gasteiger charge is 2.19. The van der Waals surface area contributed by atoms with Gasteiger partial charge in [-0.25, -0.2) is 14.4 Å². The van der Waals surface area contributed by atoms with Gasteiger partial charge in [0.25, 0.3) is 5.91 Å². The molecule has 0 saturated carbocycles. The first-order valence-corrected chi connectivity index (χ1v) is 9.64. The Labute approximate surface area is 170 Å². The van der Waals surface area contributed by atoms with Gasteiger partial charge in [0.2, 0.25) is 0 Å². The predicted octanol–water partition coefficient (Wildman–Crippen LogP) is 4.37. The summed E-state index contributed by atoms with van der Waals surface area (Å²) < 4.78 is 20.8. The molecule has 0 fully saturated rings. The van der Waals surface area contributed by atoms with E-state index >= 15 is 0 Å². The van der Waals surface area contributed by atoms with Crippen molar-refractivity contribution in [1.29, 1.82) is 0 Å². The molecule has 2 aromatic heterocycles. The molecule has 29 heavy (non-hydrogen) atoms. The lowest BCUT2D eigenvalue weighted by Crippen LogP contribution is -2.20. The molecule has 0 radical (unpaired) electrons. The lowest BCUT2D eigenvalue weighted by atomic mass is 10.1. The van der Waals surface area contributed by atoms with Crippen molar-refractivity contribution in [3.63, 3.8) is 0 Å². The zero-order valence-electron chi connectivity index (χ0n) is 15.5. The summed E-state index contributed by atoms with van der Waals surface area (Å²) in [5.41, 5.74) is 1.65. The Kier molecular flexibility index (Phi) is 5.35. The topological polar surface area (TPSA) is 69.0 Å². The number of aromatic nitrogens is 3. The Balaban J connectivity index is 1.56. The molecule has 1 amide bonds. The molecule has 0 bridgehead atoms. The Morgan fingerprint density at radius 2 is 1.93 bits per heavy atom. The molecular formula is C21H17FN4O2S. The van der Waals surface area contributed by atoms with Crippen molar-refractivity contribution in [2.24, 2.45) is 7.05 Å². The van der Waals surface area contributed by atoms with E-state index in [4.69, 9.17) is 4.74 Å². The largest absolute Gasteiger partial charge is 0.481 e. The summed E-state index contributed by atoms with van der Waals surface area (Å²) in [7, 11) is 1.90. The average molecular weight is 408 g/mol. The second-order valence-electron chi connectivity index (χ2n) is 6.19. The fraction of sp³-hybridized carbons (Fsp3) is 0.0952. The van der Waals surface area contributed by atoms with E-state index in [9.17, 15) is 9.18 Å². The Bertz CT molecular complexity index is 1140. The number of thiazole rings is 1. The number of hydrogen-bond donors (Lipinski definition) is 1. The number of hydrogen-bond acceptors (Lipinski definition) is 5. The number of halogens is 1. The van der Waals surface area contributed by atoms with Crippen LogP contribution in [0.3, 0.4) is 0 Å². The number of imidazole rings is 1. The molecule has 0 atom stereocenters. The van der Waals surface area contributed by atoms with Gasteiger partial charge in [0.1, 0.15) is 0 Å². The number of benzene rings is 2. The molecule has 4 aromatic rings. The first-order valence-electron chi connectivity index (χ1n) is 8.83. The van der Waals surface area contributed by atoms with E-state index in [0.29, 0.717) is 5.13 Å². The number of ether oxygens (including phenoxy) is 1. The highest BCUT2D eigenvalue weighted by atomic mass is 32.1. The maximum Gasteiger partial charge on any atom is 0.264 e. The van der Waals surface area contributed by atoms with Gasteiger partial charge in [0.05, 0.1) is 10.6 Å². The molecule has 0 aliphatic heterocycles. The molecule has 0 aliphatic rings. The van der Waals surface area contributed by atoms with Crippen LogP contribution in [-0.2, 0) is 11.8 Å². The molecule has 0 spiro atoms. The zero-order chi connectivity index (χ0) is 20.2. The molecular weight excluding hydrogens is 391 g/mol. The number of amides is 1. The quantitative estimate of drug-likeness (QED) is 0.514. The number of carbonyl (C=O) groups excluding carboxylic acids is 1. The van der Waals surface area contributed by atoms with Crippen LogP contribution in [0.2, 0.25) is 0 Å². The van der Waals surface area contributed by atoms with Gasteiger partial charge in [-0.2, -0.15) is 0 Å². The number of nitrogens with one attached hydrogen (secondary N) is 1. The molecule has 8 heteroatoms. The molecule has 6 nitrogen and oxygen atoms in total. The summed E-state index contributed by atoms with van der Waals surface area (Å²) >= 11 is 1.32. The van der Waals surface area contributed by atoms with Crippen LogP contribution in [-0.4, -0.2) is 27.0 Å². The number of nitrogens with zero attached hydrogens (tertiary/aromatic N) is 3. The fourth-order valence-corrected chi connectivity index (χ4v) is 3.80. The highest BCUT2D eigenvalue weighted by Crippen LogP contribution is 2.38. The Hall–Kier alpha value is -3.52. The van der Waals surface area contributed by atoms with Crippen molar-refractivity contribution < 1.29 is 13.9 Å². The third-order valence-electron chi connectivity index (χ3n) is 4.14. The first-order chi connectivity index (χ1) is 14.1. The number of rotatable bonds is 6. The number of carbonyl (C=O) groups is 1. The molecule has 1 N–H and O–H groups in total. The summed E-state index contributed by atoms with van der Waals surface area (Å²) in [5.74, 6) is -0.157. The van der Waals surface area contributed by atoms with E-state index in [1.807, 2.05) is 48.1 Å². The van der Waals surface area contributed by atoms with Crippen LogP contribution in [0.5, 0.6) is 5.75 Å².